The van der Waals surface area contributed by atoms with Crippen molar-refractivity contribution in [2.24, 2.45) is 11.8 Å². The molecule has 0 N–H and O–H groups in total. The Morgan fingerprint density at radius 2 is 0.875 bits per heavy atom. The second-order valence-corrected chi connectivity index (χ2v) is 49.4. The molecule has 0 spiro atoms. The van der Waals surface area contributed by atoms with Crippen molar-refractivity contribution in [3.05, 3.63) is 40.1 Å². The smallest absolute Gasteiger partial charge is 0.147 e. The molecule has 0 aliphatic heterocycles. The van der Waals surface area contributed by atoms with E-state index in [1.807, 2.05) is 6.66 Å². The minimum absolute atomic E-state index is 0. The summed E-state index contributed by atoms with van der Waals surface area (Å²) < 4.78 is 9.10. The molecule has 0 amide bonds. The van der Waals surface area contributed by atoms with Crippen molar-refractivity contribution in [3.63, 3.8) is 0 Å². The molecule has 0 aromatic carbocycles. The van der Waals surface area contributed by atoms with Gasteiger partial charge in [-0.3, -0.25) is 0 Å². The van der Waals surface area contributed by atoms with Gasteiger partial charge in [-0.15, -0.1) is 24.8 Å². The van der Waals surface area contributed by atoms with E-state index in [1.54, 1.807) is 33.4 Å². The van der Waals surface area contributed by atoms with E-state index in [2.05, 4.69) is 71.7 Å². The molecule has 138 valence electrons. The topological polar surface area (TPSA) is 0 Å². The normalized spacial score (nSPS) is 25.5. The van der Waals surface area contributed by atoms with Crippen LogP contribution in [-0.4, -0.2) is 6.94 Å². The van der Waals surface area contributed by atoms with Gasteiger partial charge in [0, 0.05) is 0 Å². The molecule has 0 heterocycles. The number of hydrogen-bond donors (Lipinski definition) is 0. The third-order valence-corrected chi connectivity index (χ3v) is 31.5. The number of rotatable bonds is 2. The second-order valence-electron chi connectivity index (χ2n) is 8.82. The Morgan fingerprint density at radius 3 is 1.04 bits per heavy atom. The molecule has 24 heavy (non-hydrogen) atoms. The van der Waals surface area contributed by atoms with Crippen LogP contribution in [0.15, 0.2) is 40.1 Å². The van der Waals surface area contributed by atoms with Gasteiger partial charge in [-0.2, -0.15) is 0 Å². The van der Waals surface area contributed by atoms with Crippen molar-refractivity contribution in [1.29, 1.82) is 0 Å². The molecule has 0 nitrogen and oxygen atoms in total. The molecule has 4 heteroatoms. The van der Waals surface area contributed by atoms with Crippen LogP contribution >= 0.6 is 24.8 Å². The Kier molecular flexibility index (Phi) is 7.52. The van der Waals surface area contributed by atoms with Gasteiger partial charge in [0.2, 0.25) is 0 Å². The summed E-state index contributed by atoms with van der Waals surface area (Å²) in [4.78, 5) is 0. The zero-order valence-corrected chi connectivity index (χ0v) is 23.8. The van der Waals surface area contributed by atoms with E-state index in [9.17, 15) is 0 Å². The van der Waals surface area contributed by atoms with E-state index in [4.69, 9.17) is 0 Å². The van der Waals surface area contributed by atoms with Gasteiger partial charge < -0.3 is 0 Å². The van der Waals surface area contributed by atoms with Crippen LogP contribution in [0.2, 0.25) is 9.36 Å². The predicted molar refractivity (Wildman–Crippen MR) is 115 cm³/mol. The van der Waals surface area contributed by atoms with Crippen molar-refractivity contribution in [2.75, 3.05) is 0 Å². The van der Waals surface area contributed by atoms with Gasteiger partial charge >= 0.3 is 141 Å². The van der Waals surface area contributed by atoms with Crippen molar-refractivity contribution in [2.45, 2.75) is 64.8 Å². The fourth-order valence-electron chi connectivity index (χ4n) is 5.46. The molecule has 0 aromatic heterocycles. The fourth-order valence-corrected chi connectivity index (χ4v) is 37.4. The molecule has 2 atom stereocenters. The third kappa shape index (κ3) is 3.30. The van der Waals surface area contributed by atoms with Gasteiger partial charge in [-0.1, -0.05) is 0 Å². The molecule has 0 saturated heterocycles. The minimum Gasteiger partial charge on any atom is -0.147 e. The Balaban J connectivity index is 0.00000264. The second kappa shape index (κ2) is 7.33. The summed E-state index contributed by atoms with van der Waals surface area (Å²) in [5.74, 6) is 1.30. The molecule has 2 aliphatic rings. The largest absolute Gasteiger partial charge is 0.147 e. The van der Waals surface area contributed by atoms with Crippen LogP contribution in [0.5, 0.6) is 0 Å². The maximum absolute atomic E-state index is 3.24. The molecule has 2 rings (SSSR count). The Labute approximate surface area is 164 Å². The van der Waals surface area contributed by atoms with Crippen LogP contribution < -0.4 is 0 Å². The first kappa shape index (κ1) is 24.6. The number of allylic oxidation sites excluding steroid dienone is 8. The third-order valence-electron chi connectivity index (χ3n) is 7.01. The maximum Gasteiger partial charge on any atom is -0.147 e. The van der Waals surface area contributed by atoms with E-state index in [1.165, 1.54) is 0 Å². The van der Waals surface area contributed by atoms with E-state index in [0.717, 1.165) is 0 Å². The quantitative estimate of drug-likeness (QED) is 0.335. The monoisotopic (exact) mass is 554 g/mol. The average molecular weight is 554 g/mol. The average Bonchev–Trinajstić information content (AvgIpc) is 2.71. The van der Waals surface area contributed by atoms with E-state index in [0.29, 0.717) is 11.8 Å². The molecular formula is C20H36Cl2HfSi. The van der Waals surface area contributed by atoms with E-state index < -0.39 is 17.1 Å². The maximum atomic E-state index is 2.69. The molecule has 0 fully saturated rings. The first-order chi connectivity index (χ1) is 9.81. The standard InChI is InChI=1S/2C9H13.2CH3.2ClH.Hf.H2Si/c2*1-6-5-7(2)9(4)8(6)3;;;;;;/h2*6H,1-4H3;2*1H3;2*1H;;1H2. The molecular weight excluding hydrogens is 518 g/mol. The molecule has 0 radical (unpaired) electrons. The first-order valence-corrected chi connectivity index (χ1v) is 27.8. The van der Waals surface area contributed by atoms with Crippen molar-refractivity contribution in [3.8, 4) is 0 Å². The summed E-state index contributed by atoms with van der Waals surface area (Å²) in [6, 6.07) is 0. The zero-order chi connectivity index (χ0) is 17.2. The summed E-state index contributed by atoms with van der Waals surface area (Å²) in [6.45, 7) is 21.4. The van der Waals surface area contributed by atoms with Crippen LogP contribution in [0, 0.1) is 11.8 Å². The molecule has 0 aromatic rings. The van der Waals surface area contributed by atoms with Crippen LogP contribution in [0.25, 0.3) is 0 Å². The van der Waals surface area contributed by atoms with Crippen LogP contribution in [0.3, 0.4) is 0 Å². The van der Waals surface area contributed by atoms with Gasteiger partial charge in [-0.05, 0) is 0 Å². The molecule has 2 aliphatic carbocycles. The minimum atomic E-state index is -3.24. The van der Waals surface area contributed by atoms with Crippen molar-refractivity contribution in [1.82, 2.24) is 0 Å². The SMILES string of the molecule is CC1=C(C)C(C)[C]([Hf]([CH3])([CH3])(=[SiH2])[C]2=C(C)C(C)=C(C)C2C)=C1C.Cl.Cl. The zero-order valence-electron chi connectivity index (χ0n) is 17.2. The van der Waals surface area contributed by atoms with Crippen LogP contribution in [0.1, 0.15) is 55.4 Å². The Hall–Kier alpha value is 0.627. The van der Waals surface area contributed by atoms with Gasteiger partial charge in [0.1, 0.15) is 0 Å². The summed E-state index contributed by atoms with van der Waals surface area (Å²) in [6.07, 6.45) is 0. The van der Waals surface area contributed by atoms with Crippen LogP contribution in [0.4, 0.5) is 0 Å². The fraction of sp³-hybridized carbons (Fsp3) is 0.600. The predicted octanol–water partition coefficient (Wildman–Crippen LogP) is 6.68. The van der Waals surface area contributed by atoms with Gasteiger partial charge in [-0.25, -0.2) is 0 Å². The molecule has 0 bridgehead atoms. The Morgan fingerprint density at radius 1 is 0.625 bits per heavy atom. The van der Waals surface area contributed by atoms with Crippen LogP contribution in [-0.2, 0) is 17.1 Å². The summed E-state index contributed by atoms with van der Waals surface area (Å²) in [5.41, 5.74) is 9.58. The summed E-state index contributed by atoms with van der Waals surface area (Å²) in [7, 11) is 0. The summed E-state index contributed by atoms with van der Waals surface area (Å²) >= 11 is -3.24. The van der Waals surface area contributed by atoms with E-state index >= 15 is 0 Å². The van der Waals surface area contributed by atoms with E-state index in [-0.39, 0.29) is 24.8 Å². The Bertz CT molecular complexity index is 699. The molecule has 2 unspecified atom stereocenters. The number of halogens is 2. The van der Waals surface area contributed by atoms with Gasteiger partial charge in [0.25, 0.3) is 0 Å². The van der Waals surface area contributed by atoms with Crippen molar-refractivity contribution >= 4 is 31.8 Å². The summed E-state index contributed by atoms with van der Waals surface area (Å²) in [5, 5.41) is 0. The first-order valence-electron chi connectivity index (χ1n) is 8.66. The van der Waals surface area contributed by atoms with Gasteiger partial charge in [0.15, 0.2) is 0 Å². The molecule has 0 saturated carbocycles. The number of hydrogen-bond acceptors (Lipinski definition) is 0. The van der Waals surface area contributed by atoms with Crippen molar-refractivity contribution < 1.29 is 17.1 Å². The van der Waals surface area contributed by atoms with Gasteiger partial charge in [0.05, 0.1) is 0 Å².